The van der Waals surface area contributed by atoms with Crippen molar-refractivity contribution in [1.29, 1.82) is 0 Å². The molecular formula is C22H24N4O3S2. The number of carbonyl (C=O) groups is 1. The summed E-state index contributed by atoms with van der Waals surface area (Å²) in [5, 5.41) is 4.11. The van der Waals surface area contributed by atoms with Gasteiger partial charge < -0.3 is 5.32 Å². The van der Waals surface area contributed by atoms with E-state index in [1.807, 2.05) is 31.2 Å². The van der Waals surface area contributed by atoms with Crippen molar-refractivity contribution in [3.8, 4) is 0 Å². The van der Waals surface area contributed by atoms with Crippen LogP contribution in [-0.2, 0) is 14.8 Å². The molecule has 0 aliphatic carbocycles. The van der Waals surface area contributed by atoms with Gasteiger partial charge in [-0.1, -0.05) is 36.4 Å². The molecule has 3 aromatic rings. The standard InChI is InChI=1S/C22H24N4O3S2/c1-16(30-22-19-7-3-4-8-20(19)23-15-24-22)21(27)25-17-9-11-18(12-10-17)31(28,29)26-13-5-2-6-14-26/h3-4,7-12,15-16H,2,5-6,13-14H2,1H3,(H,25,27). The molecule has 9 heteroatoms. The Hall–Kier alpha value is -2.49. The summed E-state index contributed by atoms with van der Waals surface area (Å²) in [6, 6.07) is 14.0. The molecular weight excluding hydrogens is 432 g/mol. The minimum Gasteiger partial charge on any atom is -0.325 e. The predicted molar refractivity (Wildman–Crippen MR) is 123 cm³/mol. The van der Waals surface area contributed by atoms with Crippen LogP contribution in [0.15, 0.2) is 64.8 Å². The smallest absolute Gasteiger partial charge is 0.243 e. The summed E-state index contributed by atoms with van der Waals surface area (Å²) in [6.07, 6.45) is 4.35. The van der Waals surface area contributed by atoms with E-state index in [2.05, 4.69) is 15.3 Å². The number of benzene rings is 2. The monoisotopic (exact) mass is 456 g/mol. The first-order valence-electron chi connectivity index (χ1n) is 10.2. The molecule has 1 N–H and O–H groups in total. The first-order chi connectivity index (χ1) is 14.9. The van der Waals surface area contributed by atoms with E-state index in [0.29, 0.717) is 18.8 Å². The van der Waals surface area contributed by atoms with Crippen molar-refractivity contribution in [2.45, 2.75) is 41.4 Å². The molecule has 1 amide bonds. The maximum Gasteiger partial charge on any atom is 0.243 e. The molecule has 1 aliphatic rings. The molecule has 0 radical (unpaired) electrons. The zero-order chi connectivity index (χ0) is 21.8. The molecule has 1 saturated heterocycles. The third kappa shape index (κ3) is 4.89. The van der Waals surface area contributed by atoms with Crippen LogP contribution in [0.4, 0.5) is 5.69 Å². The molecule has 1 atom stereocenters. The first-order valence-corrected chi connectivity index (χ1v) is 12.5. The van der Waals surface area contributed by atoms with E-state index in [1.54, 1.807) is 24.3 Å². The predicted octanol–water partition coefficient (Wildman–Crippen LogP) is 3.92. The second kappa shape index (κ2) is 9.33. The number of hydrogen-bond acceptors (Lipinski definition) is 6. The zero-order valence-electron chi connectivity index (χ0n) is 17.2. The third-order valence-corrected chi connectivity index (χ3v) is 8.27. The van der Waals surface area contributed by atoms with Gasteiger partial charge in [-0.3, -0.25) is 4.79 Å². The molecule has 1 unspecified atom stereocenters. The highest BCUT2D eigenvalue weighted by Gasteiger charge is 2.26. The summed E-state index contributed by atoms with van der Waals surface area (Å²) in [5.74, 6) is -0.181. The summed E-state index contributed by atoms with van der Waals surface area (Å²) in [7, 11) is -3.48. The van der Waals surface area contributed by atoms with Gasteiger partial charge in [0.15, 0.2) is 0 Å². The zero-order valence-corrected chi connectivity index (χ0v) is 18.8. The van der Waals surface area contributed by atoms with Gasteiger partial charge in [-0.15, -0.1) is 0 Å². The SMILES string of the molecule is CC(Sc1ncnc2ccccc12)C(=O)Nc1ccc(S(=O)(=O)N2CCCCC2)cc1. The number of hydrogen-bond donors (Lipinski definition) is 1. The van der Waals surface area contributed by atoms with Crippen molar-refractivity contribution in [3.63, 3.8) is 0 Å². The van der Waals surface area contributed by atoms with Crippen LogP contribution in [0.2, 0.25) is 0 Å². The number of rotatable bonds is 6. The van der Waals surface area contributed by atoms with Crippen molar-refractivity contribution in [2.24, 2.45) is 0 Å². The lowest BCUT2D eigenvalue weighted by molar-refractivity contribution is -0.115. The lowest BCUT2D eigenvalue weighted by atomic mass is 10.2. The van der Waals surface area contributed by atoms with Gasteiger partial charge in [0.2, 0.25) is 15.9 Å². The number of sulfonamides is 1. The molecule has 162 valence electrons. The largest absolute Gasteiger partial charge is 0.325 e. The number of nitrogens with zero attached hydrogens (tertiary/aromatic N) is 3. The van der Waals surface area contributed by atoms with Gasteiger partial charge in [-0.2, -0.15) is 4.31 Å². The van der Waals surface area contributed by atoms with Gasteiger partial charge in [-0.25, -0.2) is 18.4 Å². The van der Waals surface area contributed by atoms with Gasteiger partial charge in [0.1, 0.15) is 11.4 Å². The molecule has 0 saturated carbocycles. The Bertz CT molecular complexity index is 1170. The number of nitrogens with one attached hydrogen (secondary N) is 1. The number of carbonyl (C=O) groups excluding carboxylic acids is 1. The number of aromatic nitrogens is 2. The first kappa shape index (κ1) is 21.7. The number of thioether (sulfide) groups is 1. The van der Waals surface area contributed by atoms with Crippen LogP contribution in [0.25, 0.3) is 10.9 Å². The van der Waals surface area contributed by atoms with E-state index < -0.39 is 15.3 Å². The van der Waals surface area contributed by atoms with Gasteiger partial charge in [0.25, 0.3) is 0 Å². The quantitative estimate of drug-likeness (QED) is 0.446. The average Bonchev–Trinajstić information content (AvgIpc) is 2.80. The molecule has 0 spiro atoms. The third-order valence-electron chi connectivity index (χ3n) is 5.24. The number of fused-ring (bicyclic) bond motifs is 1. The summed E-state index contributed by atoms with van der Waals surface area (Å²) in [6.45, 7) is 2.94. The molecule has 31 heavy (non-hydrogen) atoms. The van der Waals surface area contributed by atoms with E-state index in [4.69, 9.17) is 0 Å². The summed E-state index contributed by atoms with van der Waals surface area (Å²) in [5.41, 5.74) is 1.39. The van der Waals surface area contributed by atoms with Crippen LogP contribution in [0.1, 0.15) is 26.2 Å². The molecule has 2 heterocycles. The van der Waals surface area contributed by atoms with E-state index in [1.165, 1.54) is 22.4 Å². The minimum atomic E-state index is -3.48. The Kier molecular flexibility index (Phi) is 6.54. The fourth-order valence-corrected chi connectivity index (χ4v) is 5.93. The summed E-state index contributed by atoms with van der Waals surface area (Å²) in [4.78, 5) is 21.5. The normalized spacial score (nSPS) is 16.2. The molecule has 2 aromatic carbocycles. The van der Waals surface area contributed by atoms with Gasteiger partial charge >= 0.3 is 0 Å². The second-order valence-corrected chi connectivity index (χ2v) is 10.7. The van der Waals surface area contributed by atoms with Crippen molar-refractivity contribution in [3.05, 3.63) is 54.9 Å². The van der Waals surface area contributed by atoms with Gasteiger partial charge in [0, 0.05) is 24.2 Å². The maximum absolute atomic E-state index is 12.8. The lowest BCUT2D eigenvalue weighted by Crippen LogP contribution is -2.35. The minimum absolute atomic E-state index is 0.181. The molecule has 1 aliphatic heterocycles. The molecule has 7 nitrogen and oxygen atoms in total. The van der Waals surface area contributed by atoms with Crippen LogP contribution in [0.3, 0.4) is 0 Å². The van der Waals surface area contributed by atoms with Gasteiger partial charge in [0.05, 0.1) is 15.7 Å². The molecule has 0 bridgehead atoms. The number of para-hydroxylation sites is 1. The molecule has 1 fully saturated rings. The van der Waals surface area contributed by atoms with E-state index in [0.717, 1.165) is 35.2 Å². The molecule has 1 aromatic heterocycles. The highest BCUT2D eigenvalue weighted by Crippen LogP contribution is 2.28. The van der Waals surface area contributed by atoms with Gasteiger partial charge in [-0.05, 0) is 50.1 Å². The Labute approximate surface area is 186 Å². The fourth-order valence-electron chi connectivity index (χ4n) is 3.50. The highest BCUT2D eigenvalue weighted by atomic mass is 32.2. The Morgan fingerprint density at radius 2 is 1.74 bits per heavy atom. The maximum atomic E-state index is 12.8. The lowest BCUT2D eigenvalue weighted by Gasteiger charge is -2.25. The van der Waals surface area contributed by atoms with Crippen LogP contribution < -0.4 is 5.32 Å². The Morgan fingerprint density at radius 1 is 1.03 bits per heavy atom. The fraction of sp³-hybridized carbons (Fsp3) is 0.318. The number of anilines is 1. The van der Waals surface area contributed by atoms with Crippen molar-refractivity contribution in [2.75, 3.05) is 18.4 Å². The van der Waals surface area contributed by atoms with Crippen LogP contribution in [0.5, 0.6) is 0 Å². The number of piperidine rings is 1. The average molecular weight is 457 g/mol. The molecule has 4 rings (SSSR count). The highest BCUT2D eigenvalue weighted by molar-refractivity contribution is 8.00. The Balaban J connectivity index is 1.42. The van der Waals surface area contributed by atoms with Crippen molar-refractivity contribution >= 4 is 44.3 Å². The number of amides is 1. The van der Waals surface area contributed by atoms with Crippen LogP contribution >= 0.6 is 11.8 Å². The van der Waals surface area contributed by atoms with E-state index in [-0.39, 0.29) is 10.8 Å². The second-order valence-electron chi connectivity index (χ2n) is 7.43. The summed E-state index contributed by atoms with van der Waals surface area (Å²) < 4.78 is 27.1. The topological polar surface area (TPSA) is 92.3 Å². The Morgan fingerprint density at radius 3 is 2.48 bits per heavy atom. The summed E-state index contributed by atoms with van der Waals surface area (Å²) >= 11 is 1.36. The van der Waals surface area contributed by atoms with Crippen molar-refractivity contribution in [1.82, 2.24) is 14.3 Å². The van der Waals surface area contributed by atoms with Crippen molar-refractivity contribution < 1.29 is 13.2 Å². The van der Waals surface area contributed by atoms with E-state index >= 15 is 0 Å². The van der Waals surface area contributed by atoms with E-state index in [9.17, 15) is 13.2 Å². The van der Waals surface area contributed by atoms with Crippen LogP contribution in [0, 0.1) is 0 Å². The van der Waals surface area contributed by atoms with Crippen LogP contribution in [-0.4, -0.2) is 46.9 Å².